The number of nitrogens with zero attached hydrogens (tertiary/aromatic N) is 1. The Morgan fingerprint density at radius 2 is 1.76 bits per heavy atom. The maximum absolute atomic E-state index is 5.89. The van der Waals surface area contributed by atoms with Crippen molar-refractivity contribution in [1.29, 1.82) is 0 Å². The number of hydrogen-bond donors (Lipinski definition) is 1. The van der Waals surface area contributed by atoms with Crippen LogP contribution in [0.2, 0.25) is 0 Å². The van der Waals surface area contributed by atoms with Gasteiger partial charge >= 0.3 is 0 Å². The molecule has 0 bridgehead atoms. The zero-order chi connectivity index (χ0) is 14.7. The summed E-state index contributed by atoms with van der Waals surface area (Å²) < 4.78 is 6.96. The third kappa shape index (κ3) is 3.40. The smallest absolute Gasteiger partial charge is 0.145 e. The molecular weight excluding hydrogens is 328 g/mol. The van der Waals surface area contributed by atoms with Crippen LogP contribution >= 0.6 is 15.9 Å². The van der Waals surface area contributed by atoms with Crippen LogP contribution in [0.25, 0.3) is 10.8 Å². The van der Waals surface area contributed by atoms with Crippen LogP contribution in [0.15, 0.2) is 59.3 Å². The van der Waals surface area contributed by atoms with Gasteiger partial charge in [-0.1, -0.05) is 28.1 Å². The number of ether oxygens (including phenoxy) is 1. The van der Waals surface area contributed by atoms with Crippen LogP contribution in [0.3, 0.4) is 0 Å². The third-order valence-electron chi connectivity index (χ3n) is 3.21. The third-order valence-corrected chi connectivity index (χ3v) is 3.71. The number of hydrogen-bond acceptors (Lipinski definition) is 3. The highest BCUT2D eigenvalue weighted by molar-refractivity contribution is 9.10. The fourth-order valence-corrected chi connectivity index (χ4v) is 2.60. The van der Waals surface area contributed by atoms with Crippen molar-refractivity contribution in [3.05, 3.63) is 64.9 Å². The first-order chi connectivity index (χ1) is 10.2. The van der Waals surface area contributed by atoms with Crippen molar-refractivity contribution in [2.75, 3.05) is 6.54 Å². The van der Waals surface area contributed by atoms with Crippen molar-refractivity contribution in [2.45, 2.75) is 6.42 Å². The molecule has 1 aromatic heterocycles. The summed E-state index contributed by atoms with van der Waals surface area (Å²) in [5.41, 5.74) is 6.65. The number of fused-ring (bicyclic) bond motifs is 1. The highest BCUT2D eigenvalue weighted by atomic mass is 79.9. The van der Waals surface area contributed by atoms with Gasteiger partial charge in [-0.15, -0.1) is 0 Å². The number of halogens is 1. The summed E-state index contributed by atoms with van der Waals surface area (Å²) in [6.45, 7) is 0.607. The van der Waals surface area contributed by atoms with Crippen LogP contribution in [0.5, 0.6) is 11.5 Å². The highest BCUT2D eigenvalue weighted by Crippen LogP contribution is 2.27. The van der Waals surface area contributed by atoms with Crippen LogP contribution in [0, 0.1) is 0 Å². The van der Waals surface area contributed by atoms with Gasteiger partial charge in [0.2, 0.25) is 0 Å². The molecule has 1 heterocycles. The molecule has 0 aliphatic rings. The van der Waals surface area contributed by atoms with E-state index in [4.69, 9.17) is 10.5 Å². The van der Waals surface area contributed by atoms with Crippen molar-refractivity contribution in [1.82, 2.24) is 4.98 Å². The first-order valence-electron chi connectivity index (χ1n) is 6.76. The number of benzene rings is 2. The Hall–Kier alpha value is -1.91. The molecule has 2 aromatic carbocycles. The Morgan fingerprint density at radius 3 is 2.62 bits per heavy atom. The molecule has 0 aliphatic carbocycles. The predicted molar refractivity (Wildman–Crippen MR) is 88.7 cm³/mol. The Morgan fingerprint density at radius 1 is 0.952 bits per heavy atom. The highest BCUT2D eigenvalue weighted by Gasteiger charge is 2.02. The summed E-state index contributed by atoms with van der Waals surface area (Å²) in [6, 6.07) is 14.2. The van der Waals surface area contributed by atoms with Gasteiger partial charge in [0.25, 0.3) is 0 Å². The van der Waals surface area contributed by atoms with Crippen molar-refractivity contribution in [3.8, 4) is 11.5 Å². The molecule has 3 aromatic rings. The fourth-order valence-electron chi connectivity index (χ4n) is 2.22. The summed E-state index contributed by atoms with van der Waals surface area (Å²) in [5, 5.41) is 2.31. The van der Waals surface area contributed by atoms with E-state index in [0.717, 1.165) is 33.3 Å². The van der Waals surface area contributed by atoms with Crippen LogP contribution in [-0.4, -0.2) is 11.5 Å². The zero-order valence-electron chi connectivity index (χ0n) is 11.4. The van der Waals surface area contributed by atoms with E-state index < -0.39 is 0 Å². The second kappa shape index (κ2) is 6.24. The minimum Gasteiger partial charge on any atom is -0.456 e. The molecule has 0 spiro atoms. The Kier molecular flexibility index (Phi) is 4.18. The number of rotatable bonds is 4. The SMILES string of the molecule is NCCc1cncc(Oc2ccc3cc(Br)ccc3c2)c1. The molecule has 0 fully saturated rings. The van der Waals surface area contributed by atoms with Gasteiger partial charge < -0.3 is 10.5 Å². The van der Waals surface area contributed by atoms with Gasteiger partial charge in [0, 0.05) is 10.7 Å². The van der Waals surface area contributed by atoms with Crippen molar-refractivity contribution >= 4 is 26.7 Å². The molecule has 0 aliphatic heterocycles. The standard InChI is InChI=1S/C17H15BrN2O/c18-15-3-1-14-9-16(4-2-13(14)8-15)21-17-7-12(5-6-19)10-20-11-17/h1-4,7-11H,5-6,19H2. The first kappa shape index (κ1) is 14.0. The van der Waals surface area contributed by atoms with E-state index in [1.807, 2.05) is 36.5 Å². The summed E-state index contributed by atoms with van der Waals surface area (Å²) in [6.07, 6.45) is 4.33. The molecule has 0 radical (unpaired) electrons. The van der Waals surface area contributed by atoms with E-state index in [9.17, 15) is 0 Å². The lowest BCUT2D eigenvalue weighted by Gasteiger charge is -2.08. The quantitative estimate of drug-likeness (QED) is 0.769. The van der Waals surface area contributed by atoms with Gasteiger partial charge in [0.05, 0.1) is 6.20 Å². The van der Waals surface area contributed by atoms with Crippen molar-refractivity contribution in [2.24, 2.45) is 5.73 Å². The van der Waals surface area contributed by atoms with E-state index in [1.54, 1.807) is 6.20 Å². The maximum atomic E-state index is 5.89. The molecule has 21 heavy (non-hydrogen) atoms. The molecule has 2 N–H and O–H groups in total. The van der Waals surface area contributed by atoms with Crippen LogP contribution in [0.1, 0.15) is 5.56 Å². The molecule has 3 nitrogen and oxygen atoms in total. The number of aromatic nitrogens is 1. The van der Waals surface area contributed by atoms with Gasteiger partial charge in [-0.2, -0.15) is 0 Å². The number of nitrogens with two attached hydrogens (primary N) is 1. The summed E-state index contributed by atoms with van der Waals surface area (Å²) >= 11 is 3.48. The molecule has 4 heteroatoms. The predicted octanol–water partition coefficient (Wildman–Crippen LogP) is 4.29. The zero-order valence-corrected chi connectivity index (χ0v) is 13.0. The maximum Gasteiger partial charge on any atom is 0.145 e. The summed E-state index contributed by atoms with van der Waals surface area (Å²) in [7, 11) is 0. The van der Waals surface area contributed by atoms with E-state index >= 15 is 0 Å². The molecule has 106 valence electrons. The topological polar surface area (TPSA) is 48.1 Å². The minimum absolute atomic E-state index is 0.607. The minimum atomic E-state index is 0.607. The lowest BCUT2D eigenvalue weighted by molar-refractivity contribution is 0.480. The lowest BCUT2D eigenvalue weighted by Crippen LogP contribution is -2.03. The van der Waals surface area contributed by atoms with Crippen molar-refractivity contribution in [3.63, 3.8) is 0 Å². The summed E-state index contributed by atoms with van der Waals surface area (Å²) in [5.74, 6) is 1.54. The molecule has 0 unspecified atom stereocenters. The molecule has 0 amide bonds. The molecule has 0 saturated heterocycles. The normalized spacial score (nSPS) is 10.8. The molecule has 0 atom stereocenters. The van der Waals surface area contributed by atoms with E-state index in [1.165, 1.54) is 5.39 Å². The first-order valence-corrected chi connectivity index (χ1v) is 7.55. The lowest BCUT2D eigenvalue weighted by atomic mass is 10.1. The van der Waals surface area contributed by atoms with E-state index in [0.29, 0.717) is 6.54 Å². The van der Waals surface area contributed by atoms with Crippen LogP contribution in [0.4, 0.5) is 0 Å². The summed E-state index contributed by atoms with van der Waals surface area (Å²) in [4.78, 5) is 4.19. The second-order valence-electron chi connectivity index (χ2n) is 4.82. The van der Waals surface area contributed by atoms with Gasteiger partial charge in [-0.25, -0.2) is 0 Å². The average Bonchev–Trinajstić information content (AvgIpc) is 2.48. The molecular formula is C17H15BrN2O. The van der Waals surface area contributed by atoms with Crippen LogP contribution < -0.4 is 10.5 Å². The van der Waals surface area contributed by atoms with E-state index in [2.05, 4.69) is 33.0 Å². The van der Waals surface area contributed by atoms with Crippen LogP contribution in [-0.2, 0) is 6.42 Å². The van der Waals surface area contributed by atoms with Gasteiger partial charge in [-0.3, -0.25) is 4.98 Å². The largest absolute Gasteiger partial charge is 0.456 e. The number of pyridine rings is 1. The van der Waals surface area contributed by atoms with Gasteiger partial charge in [-0.05, 0) is 59.6 Å². The monoisotopic (exact) mass is 342 g/mol. The van der Waals surface area contributed by atoms with Gasteiger partial charge in [0.15, 0.2) is 0 Å². The molecule has 0 saturated carbocycles. The van der Waals surface area contributed by atoms with Crippen molar-refractivity contribution < 1.29 is 4.74 Å². The molecule has 3 rings (SSSR count). The Bertz CT molecular complexity index is 774. The van der Waals surface area contributed by atoms with Gasteiger partial charge in [0.1, 0.15) is 11.5 Å². The average molecular weight is 343 g/mol. The Balaban J connectivity index is 1.87. The fraction of sp³-hybridized carbons (Fsp3) is 0.118. The second-order valence-corrected chi connectivity index (χ2v) is 5.74. The van der Waals surface area contributed by atoms with E-state index in [-0.39, 0.29) is 0 Å². The Labute approximate surface area is 131 Å².